The van der Waals surface area contributed by atoms with E-state index in [1.165, 1.54) is 6.07 Å². The summed E-state index contributed by atoms with van der Waals surface area (Å²) >= 11 is 5.74. The third-order valence-electron chi connectivity index (χ3n) is 2.57. The van der Waals surface area contributed by atoms with Crippen LogP contribution in [0.3, 0.4) is 0 Å². The van der Waals surface area contributed by atoms with Crippen LogP contribution in [0.4, 0.5) is 14.5 Å². The molecule has 0 aliphatic rings. The molecule has 0 saturated heterocycles. The molecule has 0 bridgehead atoms. The number of hydrogen-bond acceptors (Lipinski definition) is 3. The van der Waals surface area contributed by atoms with E-state index in [0.717, 1.165) is 30.3 Å². The fourth-order valence-electron chi connectivity index (χ4n) is 1.54. The molecule has 0 aromatic heterocycles. The number of hydrogen-bond donors (Lipinski definition) is 1. The number of sulfonamides is 1. The van der Waals surface area contributed by atoms with E-state index >= 15 is 0 Å². The summed E-state index contributed by atoms with van der Waals surface area (Å²) in [5, 5.41) is 8.65. The third-order valence-corrected chi connectivity index (χ3v) is 4.23. The largest absolute Gasteiger partial charge is 0.274 e. The van der Waals surface area contributed by atoms with Crippen LogP contribution in [0.1, 0.15) is 5.56 Å². The van der Waals surface area contributed by atoms with Crippen LogP contribution in [0.25, 0.3) is 0 Å². The Morgan fingerprint density at radius 1 is 1.14 bits per heavy atom. The highest BCUT2D eigenvalue weighted by molar-refractivity contribution is 7.92. The molecule has 2 rings (SSSR count). The summed E-state index contributed by atoms with van der Waals surface area (Å²) in [4.78, 5) is -0.311. The number of para-hydroxylation sites is 1. The highest BCUT2D eigenvalue weighted by atomic mass is 35.5. The molecular weight excluding hydrogens is 322 g/mol. The Morgan fingerprint density at radius 3 is 2.29 bits per heavy atom. The molecule has 0 saturated carbocycles. The van der Waals surface area contributed by atoms with Crippen LogP contribution in [0.5, 0.6) is 0 Å². The molecule has 0 aliphatic heterocycles. The monoisotopic (exact) mass is 328 g/mol. The van der Waals surface area contributed by atoms with Gasteiger partial charge in [0.05, 0.1) is 15.5 Å². The summed E-state index contributed by atoms with van der Waals surface area (Å²) in [6, 6.07) is 8.08. The van der Waals surface area contributed by atoms with Gasteiger partial charge in [0, 0.05) is 0 Å². The van der Waals surface area contributed by atoms with Crippen molar-refractivity contribution in [3.63, 3.8) is 0 Å². The van der Waals surface area contributed by atoms with E-state index in [0.29, 0.717) is 0 Å². The van der Waals surface area contributed by atoms with E-state index in [4.69, 9.17) is 16.9 Å². The first-order valence-corrected chi connectivity index (χ1v) is 7.38. The highest BCUT2D eigenvalue weighted by Crippen LogP contribution is 2.25. The van der Waals surface area contributed by atoms with Crippen molar-refractivity contribution in [2.45, 2.75) is 4.90 Å². The maximum Gasteiger partial charge on any atom is 0.262 e. The van der Waals surface area contributed by atoms with E-state index in [1.807, 2.05) is 4.72 Å². The number of anilines is 1. The molecule has 0 unspecified atom stereocenters. The van der Waals surface area contributed by atoms with Gasteiger partial charge < -0.3 is 0 Å². The van der Waals surface area contributed by atoms with Crippen molar-refractivity contribution in [2.75, 3.05) is 4.72 Å². The lowest BCUT2D eigenvalue weighted by molar-refractivity contribution is 0.583. The van der Waals surface area contributed by atoms with Crippen molar-refractivity contribution in [1.82, 2.24) is 0 Å². The molecule has 0 fully saturated rings. The van der Waals surface area contributed by atoms with Crippen molar-refractivity contribution >= 4 is 27.3 Å². The van der Waals surface area contributed by atoms with Crippen molar-refractivity contribution < 1.29 is 17.2 Å². The van der Waals surface area contributed by atoms with Crippen LogP contribution in [0.2, 0.25) is 5.02 Å². The van der Waals surface area contributed by atoms with Crippen molar-refractivity contribution in [3.8, 4) is 6.07 Å². The Kier molecular flexibility index (Phi) is 4.11. The highest BCUT2D eigenvalue weighted by Gasteiger charge is 2.20. The molecule has 0 spiro atoms. The van der Waals surface area contributed by atoms with Gasteiger partial charge in [0.25, 0.3) is 10.0 Å². The van der Waals surface area contributed by atoms with E-state index < -0.39 is 27.3 Å². The van der Waals surface area contributed by atoms with Gasteiger partial charge in [-0.15, -0.1) is 0 Å². The number of nitrogens with zero attached hydrogens (tertiary/aromatic N) is 1. The lowest BCUT2D eigenvalue weighted by Crippen LogP contribution is -2.15. The lowest BCUT2D eigenvalue weighted by atomic mass is 10.2. The SMILES string of the molecule is N#Cc1ccc(S(=O)(=O)Nc2c(F)cccc2F)cc1Cl. The predicted octanol–water partition coefficient (Wildman–Crippen LogP) is 3.29. The van der Waals surface area contributed by atoms with Gasteiger partial charge >= 0.3 is 0 Å². The quantitative estimate of drug-likeness (QED) is 0.939. The number of benzene rings is 2. The van der Waals surface area contributed by atoms with Gasteiger partial charge in [-0.05, 0) is 30.3 Å². The number of nitriles is 1. The summed E-state index contributed by atoms with van der Waals surface area (Å²) in [6.45, 7) is 0. The topological polar surface area (TPSA) is 70.0 Å². The minimum Gasteiger partial charge on any atom is -0.274 e. The minimum atomic E-state index is -4.23. The Hall–Kier alpha value is -2.17. The molecule has 4 nitrogen and oxygen atoms in total. The average molecular weight is 329 g/mol. The number of halogens is 3. The van der Waals surface area contributed by atoms with Crippen LogP contribution in [0.15, 0.2) is 41.3 Å². The summed E-state index contributed by atoms with van der Waals surface area (Å²) in [5.41, 5.74) is -0.689. The van der Waals surface area contributed by atoms with Crippen LogP contribution in [0, 0.1) is 23.0 Å². The first-order chi connectivity index (χ1) is 9.85. The Morgan fingerprint density at radius 2 is 1.76 bits per heavy atom. The molecule has 0 aliphatic carbocycles. The van der Waals surface area contributed by atoms with E-state index in [1.54, 1.807) is 6.07 Å². The molecule has 1 N–H and O–H groups in total. The zero-order chi connectivity index (χ0) is 15.6. The fraction of sp³-hybridized carbons (Fsp3) is 0. The molecule has 0 radical (unpaired) electrons. The Balaban J connectivity index is 2.44. The van der Waals surface area contributed by atoms with Gasteiger partial charge in [-0.1, -0.05) is 17.7 Å². The van der Waals surface area contributed by atoms with Crippen LogP contribution in [-0.4, -0.2) is 8.42 Å². The molecule has 2 aromatic carbocycles. The minimum absolute atomic E-state index is 0.0746. The van der Waals surface area contributed by atoms with Gasteiger partial charge in [0.2, 0.25) is 0 Å². The molecule has 0 amide bonds. The van der Waals surface area contributed by atoms with Crippen molar-refractivity contribution in [1.29, 1.82) is 5.26 Å². The lowest BCUT2D eigenvalue weighted by Gasteiger charge is -2.10. The maximum atomic E-state index is 13.5. The zero-order valence-corrected chi connectivity index (χ0v) is 11.8. The molecule has 21 heavy (non-hydrogen) atoms. The van der Waals surface area contributed by atoms with Gasteiger partial charge in [0.1, 0.15) is 23.4 Å². The molecule has 108 valence electrons. The van der Waals surface area contributed by atoms with Crippen LogP contribution >= 0.6 is 11.6 Å². The van der Waals surface area contributed by atoms with E-state index in [2.05, 4.69) is 0 Å². The normalized spacial score (nSPS) is 11.0. The summed E-state index contributed by atoms with van der Waals surface area (Å²) in [7, 11) is -4.23. The maximum absolute atomic E-state index is 13.5. The standard InChI is InChI=1S/C13H7ClF2N2O2S/c14-10-6-9(5-4-8(10)7-17)21(19,20)18-13-11(15)2-1-3-12(13)16/h1-6,18H. The van der Waals surface area contributed by atoms with Crippen molar-refractivity contribution in [2.24, 2.45) is 0 Å². The van der Waals surface area contributed by atoms with E-state index in [9.17, 15) is 17.2 Å². The van der Waals surface area contributed by atoms with Crippen LogP contribution in [-0.2, 0) is 10.0 Å². The van der Waals surface area contributed by atoms with Gasteiger partial charge in [-0.25, -0.2) is 17.2 Å². The van der Waals surface area contributed by atoms with Gasteiger partial charge in [-0.2, -0.15) is 5.26 Å². The second kappa shape index (κ2) is 5.68. The first kappa shape index (κ1) is 15.2. The second-order valence-corrected chi connectivity index (χ2v) is 6.05. The molecule has 0 atom stereocenters. The van der Waals surface area contributed by atoms with Crippen LogP contribution < -0.4 is 4.72 Å². The Bertz CT molecular complexity index is 827. The first-order valence-electron chi connectivity index (χ1n) is 5.51. The summed E-state index contributed by atoms with van der Waals surface area (Å²) in [5.74, 6) is -2.09. The third kappa shape index (κ3) is 3.12. The number of nitrogens with one attached hydrogen (secondary N) is 1. The zero-order valence-electron chi connectivity index (χ0n) is 10.3. The summed E-state index contributed by atoms with van der Waals surface area (Å²) in [6.07, 6.45) is 0. The molecule has 8 heteroatoms. The second-order valence-electron chi connectivity index (χ2n) is 3.96. The predicted molar refractivity (Wildman–Crippen MR) is 73.3 cm³/mol. The summed E-state index contributed by atoms with van der Waals surface area (Å²) < 4.78 is 52.9. The van der Waals surface area contributed by atoms with E-state index in [-0.39, 0.29) is 15.5 Å². The Labute approximate surface area is 124 Å². The molecule has 0 heterocycles. The molecule has 2 aromatic rings. The average Bonchev–Trinajstić information content (AvgIpc) is 2.43. The smallest absolute Gasteiger partial charge is 0.262 e. The van der Waals surface area contributed by atoms with Gasteiger partial charge in [0.15, 0.2) is 0 Å². The van der Waals surface area contributed by atoms with Gasteiger partial charge in [-0.3, -0.25) is 4.72 Å². The fourth-order valence-corrected chi connectivity index (χ4v) is 2.93. The molecular formula is C13H7ClF2N2O2S. The number of rotatable bonds is 3. The van der Waals surface area contributed by atoms with Crippen molar-refractivity contribution in [3.05, 3.63) is 58.6 Å².